The Kier molecular flexibility index (Phi) is 7.21. The molecule has 1 aliphatic heterocycles. The van der Waals surface area contributed by atoms with Gasteiger partial charge in [-0.1, -0.05) is 105 Å². The van der Waals surface area contributed by atoms with Gasteiger partial charge in [-0.05, 0) is 29.2 Å². The van der Waals surface area contributed by atoms with E-state index in [1.54, 1.807) is 0 Å². The number of carbonyl (C=O) groups excluding carboxylic acids is 1. The number of nitrogens with zero attached hydrogens (tertiary/aromatic N) is 2. The van der Waals surface area contributed by atoms with Gasteiger partial charge in [0.1, 0.15) is 0 Å². The van der Waals surface area contributed by atoms with Crippen molar-refractivity contribution in [3.8, 4) is 11.1 Å². The van der Waals surface area contributed by atoms with Crippen LogP contribution in [0.1, 0.15) is 31.9 Å². The van der Waals surface area contributed by atoms with Gasteiger partial charge in [-0.25, -0.2) is 0 Å². The van der Waals surface area contributed by atoms with E-state index in [-0.39, 0.29) is 17.4 Å². The van der Waals surface area contributed by atoms with E-state index in [0.29, 0.717) is 0 Å². The molecule has 0 spiro atoms. The van der Waals surface area contributed by atoms with Crippen molar-refractivity contribution in [2.24, 2.45) is 5.41 Å². The molecule has 33 heavy (non-hydrogen) atoms. The molecule has 1 fully saturated rings. The summed E-state index contributed by atoms with van der Waals surface area (Å²) >= 11 is 6.37. The molecule has 1 amide bonds. The average Bonchev–Trinajstić information content (AvgIpc) is 2.80. The van der Waals surface area contributed by atoms with Crippen LogP contribution in [-0.2, 0) is 17.8 Å². The third kappa shape index (κ3) is 5.85. The van der Waals surface area contributed by atoms with Gasteiger partial charge in [0, 0.05) is 48.2 Å². The average molecular weight is 461 g/mol. The number of carbonyl (C=O) groups is 1. The zero-order chi connectivity index (χ0) is 23.4. The van der Waals surface area contributed by atoms with Gasteiger partial charge in [-0.15, -0.1) is 0 Å². The summed E-state index contributed by atoms with van der Waals surface area (Å²) in [4.78, 5) is 17.8. The molecule has 0 unspecified atom stereocenters. The highest BCUT2D eigenvalue weighted by Crippen LogP contribution is 2.28. The lowest BCUT2D eigenvalue weighted by Gasteiger charge is -2.44. The van der Waals surface area contributed by atoms with Crippen molar-refractivity contribution in [2.45, 2.75) is 39.8 Å². The van der Waals surface area contributed by atoms with E-state index in [4.69, 9.17) is 11.6 Å². The Morgan fingerprint density at radius 2 is 1.55 bits per heavy atom. The number of hydrogen-bond acceptors (Lipinski definition) is 2. The largest absolute Gasteiger partial charge is 0.336 e. The Bertz CT molecular complexity index is 1070. The predicted molar refractivity (Wildman–Crippen MR) is 137 cm³/mol. The van der Waals surface area contributed by atoms with Crippen molar-refractivity contribution >= 4 is 17.5 Å². The molecule has 4 heteroatoms. The van der Waals surface area contributed by atoms with Crippen LogP contribution in [0.2, 0.25) is 5.02 Å². The first-order valence-electron chi connectivity index (χ1n) is 11.7. The van der Waals surface area contributed by atoms with Crippen molar-refractivity contribution in [3.05, 3.63) is 95.0 Å². The van der Waals surface area contributed by atoms with Crippen molar-refractivity contribution < 1.29 is 4.79 Å². The Balaban J connectivity index is 1.47. The third-order valence-electron chi connectivity index (χ3n) is 6.33. The first kappa shape index (κ1) is 23.5. The number of piperazine rings is 1. The van der Waals surface area contributed by atoms with E-state index in [0.717, 1.165) is 48.7 Å². The molecule has 1 saturated heterocycles. The van der Waals surface area contributed by atoms with E-state index in [2.05, 4.69) is 64.4 Å². The number of hydrogen-bond donors (Lipinski definition) is 0. The lowest BCUT2D eigenvalue weighted by Crippen LogP contribution is -2.57. The summed E-state index contributed by atoms with van der Waals surface area (Å²) in [6.45, 7) is 9.46. The Labute approximate surface area is 203 Å². The Morgan fingerprint density at radius 3 is 2.21 bits per heavy atom. The fourth-order valence-corrected chi connectivity index (χ4v) is 4.81. The second-order valence-electron chi connectivity index (χ2n) is 10.0. The molecule has 0 aliphatic carbocycles. The summed E-state index contributed by atoms with van der Waals surface area (Å²) in [5.41, 5.74) is 4.38. The third-order valence-corrected chi connectivity index (χ3v) is 6.66. The first-order valence-corrected chi connectivity index (χ1v) is 12.1. The summed E-state index contributed by atoms with van der Waals surface area (Å²) in [6, 6.07) is 27.3. The van der Waals surface area contributed by atoms with Gasteiger partial charge in [0.2, 0.25) is 5.91 Å². The summed E-state index contributed by atoms with van der Waals surface area (Å²) in [6.07, 6.45) is 0.880. The topological polar surface area (TPSA) is 23.6 Å². The quantitative estimate of drug-likeness (QED) is 0.445. The van der Waals surface area contributed by atoms with E-state index in [1.165, 1.54) is 11.1 Å². The van der Waals surface area contributed by atoms with Crippen molar-refractivity contribution in [3.63, 3.8) is 0 Å². The maximum absolute atomic E-state index is 13.2. The number of halogens is 1. The molecule has 0 bridgehead atoms. The minimum Gasteiger partial charge on any atom is -0.336 e. The molecule has 172 valence electrons. The van der Waals surface area contributed by atoms with Crippen LogP contribution in [0.25, 0.3) is 11.1 Å². The molecule has 1 aliphatic rings. The Hall–Kier alpha value is -2.62. The second kappa shape index (κ2) is 10.1. The molecule has 3 aromatic carbocycles. The van der Waals surface area contributed by atoms with Crippen LogP contribution in [0.3, 0.4) is 0 Å². The maximum atomic E-state index is 13.2. The first-order chi connectivity index (χ1) is 15.8. The zero-order valence-electron chi connectivity index (χ0n) is 19.8. The minimum atomic E-state index is -0.369. The molecular formula is C29H33ClN2O. The fourth-order valence-electron chi connectivity index (χ4n) is 4.57. The predicted octanol–water partition coefficient (Wildman–Crippen LogP) is 6.31. The van der Waals surface area contributed by atoms with Crippen molar-refractivity contribution in [1.82, 2.24) is 9.80 Å². The number of rotatable bonds is 5. The highest BCUT2D eigenvalue weighted by Gasteiger charge is 2.35. The van der Waals surface area contributed by atoms with Gasteiger partial charge in [-0.2, -0.15) is 0 Å². The van der Waals surface area contributed by atoms with Crippen LogP contribution in [0, 0.1) is 5.41 Å². The van der Waals surface area contributed by atoms with Crippen molar-refractivity contribution in [2.75, 3.05) is 19.6 Å². The summed E-state index contributed by atoms with van der Waals surface area (Å²) in [5.74, 6) is 0.243. The van der Waals surface area contributed by atoms with Gasteiger partial charge in [0.25, 0.3) is 0 Å². The summed E-state index contributed by atoms with van der Waals surface area (Å²) in [7, 11) is 0. The molecule has 1 atom stereocenters. The molecule has 4 rings (SSSR count). The van der Waals surface area contributed by atoms with Crippen LogP contribution < -0.4 is 0 Å². The standard InChI is InChI=1S/C29H33ClN2O/c1-29(2,3)28(33)32-18-17-31(21-25(32)19-22-9-5-4-6-10-22)20-23-13-15-24(16-14-23)26-11-7-8-12-27(26)30/h4-16,25H,17-21H2,1-3H3/t25-/m1/s1. The number of amides is 1. The molecule has 0 N–H and O–H groups in total. The van der Waals surface area contributed by atoms with Gasteiger partial charge in [0.05, 0.1) is 0 Å². The van der Waals surface area contributed by atoms with E-state index < -0.39 is 0 Å². The van der Waals surface area contributed by atoms with Crippen LogP contribution in [-0.4, -0.2) is 41.4 Å². The van der Waals surface area contributed by atoms with Crippen LogP contribution in [0.5, 0.6) is 0 Å². The highest BCUT2D eigenvalue weighted by atomic mass is 35.5. The molecule has 1 heterocycles. The molecule has 3 aromatic rings. The van der Waals surface area contributed by atoms with Crippen LogP contribution in [0.4, 0.5) is 0 Å². The molecule has 0 aromatic heterocycles. The zero-order valence-corrected chi connectivity index (χ0v) is 20.6. The fraction of sp³-hybridized carbons (Fsp3) is 0.345. The summed E-state index contributed by atoms with van der Waals surface area (Å²) < 4.78 is 0. The van der Waals surface area contributed by atoms with Crippen LogP contribution >= 0.6 is 11.6 Å². The lowest BCUT2D eigenvalue weighted by atomic mass is 9.92. The Morgan fingerprint density at radius 1 is 0.879 bits per heavy atom. The molecular weight excluding hydrogens is 428 g/mol. The van der Waals surface area contributed by atoms with Crippen LogP contribution in [0.15, 0.2) is 78.9 Å². The minimum absolute atomic E-state index is 0.176. The number of benzene rings is 3. The van der Waals surface area contributed by atoms with Gasteiger partial charge in [-0.3, -0.25) is 9.69 Å². The smallest absolute Gasteiger partial charge is 0.228 e. The van der Waals surface area contributed by atoms with E-state index >= 15 is 0 Å². The molecule has 0 saturated carbocycles. The van der Waals surface area contributed by atoms with Gasteiger partial charge >= 0.3 is 0 Å². The summed E-state index contributed by atoms with van der Waals surface area (Å²) in [5, 5.41) is 0.772. The monoisotopic (exact) mass is 460 g/mol. The van der Waals surface area contributed by atoms with E-state index in [9.17, 15) is 4.79 Å². The molecule has 3 nitrogen and oxygen atoms in total. The maximum Gasteiger partial charge on any atom is 0.228 e. The SMILES string of the molecule is CC(C)(C)C(=O)N1CCN(Cc2ccc(-c3ccccc3Cl)cc2)C[C@H]1Cc1ccccc1. The normalized spacial score (nSPS) is 17.2. The molecule has 0 radical (unpaired) electrons. The second-order valence-corrected chi connectivity index (χ2v) is 10.4. The highest BCUT2D eigenvalue weighted by molar-refractivity contribution is 6.33. The lowest BCUT2D eigenvalue weighted by molar-refractivity contribution is -0.144. The van der Waals surface area contributed by atoms with Gasteiger partial charge < -0.3 is 4.90 Å². The van der Waals surface area contributed by atoms with Crippen molar-refractivity contribution in [1.29, 1.82) is 0 Å². The van der Waals surface area contributed by atoms with Gasteiger partial charge in [0.15, 0.2) is 0 Å². The van der Waals surface area contributed by atoms with E-state index in [1.807, 2.05) is 45.0 Å².